The van der Waals surface area contributed by atoms with Crippen molar-refractivity contribution in [3.05, 3.63) is 71.5 Å². The molecule has 0 radical (unpaired) electrons. The molecule has 0 aliphatic carbocycles. The first kappa shape index (κ1) is 18.6. The fraction of sp³-hybridized carbons (Fsp3) is 0.381. The van der Waals surface area contributed by atoms with Crippen molar-refractivity contribution < 1.29 is 5.11 Å². The number of phenols is 1. The predicted octanol–water partition coefficient (Wildman–Crippen LogP) is 1.96. The Balaban J connectivity index is 1.61. The highest BCUT2D eigenvalue weighted by Gasteiger charge is 2.29. The second kappa shape index (κ2) is 8.50. The van der Waals surface area contributed by atoms with Gasteiger partial charge in [-0.05, 0) is 47.2 Å². The maximum Gasteiger partial charge on any atom is 0.173 e. The standard InChI is InChI=1S/C21H26N6O/c1-25-13-15-26(16-14-25)20(18-7-9-19(28)10-8-18)21-22-23-24-27(21)12-11-17-5-3-2-4-6-17/h2-10,20,28H,11-16H2,1H3. The summed E-state index contributed by atoms with van der Waals surface area (Å²) in [6.07, 6.45) is 0.879. The maximum atomic E-state index is 9.71. The summed E-state index contributed by atoms with van der Waals surface area (Å²) in [5.74, 6) is 1.12. The lowest BCUT2D eigenvalue weighted by atomic mass is 10.0. The second-order valence-electron chi connectivity index (χ2n) is 7.33. The van der Waals surface area contributed by atoms with E-state index in [2.05, 4.69) is 56.6 Å². The molecule has 2 heterocycles. The quantitative estimate of drug-likeness (QED) is 0.707. The van der Waals surface area contributed by atoms with Crippen LogP contribution in [0.2, 0.25) is 0 Å². The average Bonchev–Trinajstić information content (AvgIpc) is 3.18. The Hall–Kier alpha value is -2.77. The van der Waals surface area contributed by atoms with Gasteiger partial charge in [0, 0.05) is 32.7 Å². The van der Waals surface area contributed by atoms with Crippen molar-refractivity contribution in [1.29, 1.82) is 0 Å². The van der Waals surface area contributed by atoms with Crippen molar-refractivity contribution >= 4 is 0 Å². The van der Waals surface area contributed by atoms with E-state index in [0.29, 0.717) is 0 Å². The van der Waals surface area contributed by atoms with Gasteiger partial charge in [0.25, 0.3) is 0 Å². The fourth-order valence-corrected chi connectivity index (χ4v) is 3.71. The highest BCUT2D eigenvalue weighted by Crippen LogP contribution is 2.29. The smallest absolute Gasteiger partial charge is 0.173 e. The molecule has 1 unspecified atom stereocenters. The van der Waals surface area contributed by atoms with Gasteiger partial charge in [0.2, 0.25) is 0 Å². The normalized spacial score (nSPS) is 16.9. The molecule has 2 aromatic carbocycles. The van der Waals surface area contributed by atoms with Crippen LogP contribution in [0.25, 0.3) is 0 Å². The molecule has 0 amide bonds. The molecule has 7 nitrogen and oxygen atoms in total. The van der Waals surface area contributed by atoms with Gasteiger partial charge in [0.15, 0.2) is 5.82 Å². The number of likely N-dealkylation sites (N-methyl/N-ethyl adjacent to an activating group) is 1. The molecule has 4 rings (SSSR count). The summed E-state index contributed by atoms with van der Waals surface area (Å²) < 4.78 is 1.92. The summed E-state index contributed by atoms with van der Waals surface area (Å²) in [7, 11) is 2.15. The summed E-state index contributed by atoms with van der Waals surface area (Å²) in [6, 6.07) is 17.8. The molecule has 7 heteroatoms. The zero-order chi connectivity index (χ0) is 19.3. The SMILES string of the molecule is CN1CCN(C(c2ccc(O)cc2)c2nnnn2CCc2ccccc2)CC1. The average molecular weight is 378 g/mol. The first-order chi connectivity index (χ1) is 13.7. The van der Waals surface area contributed by atoms with Crippen molar-refractivity contribution in [3.8, 4) is 5.75 Å². The molecule has 0 spiro atoms. The summed E-state index contributed by atoms with van der Waals surface area (Å²) in [4.78, 5) is 4.76. The molecule has 1 N–H and O–H groups in total. The molecule has 1 fully saturated rings. The lowest BCUT2D eigenvalue weighted by molar-refractivity contribution is 0.121. The van der Waals surface area contributed by atoms with Crippen LogP contribution in [0.4, 0.5) is 0 Å². The number of hydrogen-bond acceptors (Lipinski definition) is 6. The van der Waals surface area contributed by atoms with Crippen LogP contribution in [0.5, 0.6) is 5.75 Å². The Morgan fingerprint density at radius 1 is 0.964 bits per heavy atom. The number of aromatic hydroxyl groups is 1. The zero-order valence-electron chi connectivity index (χ0n) is 16.1. The molecule has 146 valence electrons. The van der Waals surface area contributed by atoms with Gasteiger partial charge in [-0.3, -0.25) is 4.90 Å². The summed E-state index contributed by atoms with van der Waals surface area (Å²) in [5.41, 5.74) is 2.36. The van der Waals surface area contributed by atoms with E-state index in [1.54, 1.807) is 12.1 Å². The molecule has 28 heavy (non-hydrogen) atoms. The van der Waals surface area contributed by atoms with Crippen molar-refractivity contribution in [3.63, 3.8) is 0 Å². The number of phenolic OH excluding ortho intramolecular Hbond substituents is 1. The van der Waals surface area contributed by atoms with Gasteiger partial charge in [-0.25, -0.2) is 4.68 Å². The van der Waals surface area contributed by atoms with Gasteiger partial charge < -0.3 is 10.0 Å². The Labute approximate surface area is 165 Å². The molecule has 3 aromatic rings. The number of nitrogens with zero attached hydrogens (tertiary/aromatic N) is 6. The van der Waals surface area contributed by atoms with Crippen molar-refractivity contribution in [2.24, 2.45) is 0 Å². The molecular formula is C21H26N6O. The molecule has 0 bridgehead atoms. The van der Waals surface area contributed by atoms with E-state index in [4.69, 9.17) is 0 Å². The van der Waals surface area contributed by atoms with Gasteiger partial charge in [-0.1, -0.05) is 42.5 Å². The largest absolute Gasteiger partial charge is 0.508 e. The van der Waals surface area contributed by atoms with Gasteiger partial charge in [-0.15, -0.1) is 5.10 Å². The third-order valence-electron chi connectivity index (χ3n) is 5.37. The van der Waals surface area contributed by atoms with Gasteiger partial charge in [-0.2, -0.15) is 0 Å². The molecule has 1 aliphatic heterocycles. The summed E-state index contributed by atoms with van der Waals surface area (Å²) >= 11 is 0. The van der Waals surface area contributed by atoms with E-state index >= 15 is 0 Å². The maximum absolute atomic E-state index is 9.71. The van der Waals surface area contributed by atoms with E-state index in [-0.39, 0.29) is 11.8 Å². The van der Waals surface area contributed by atoms with Crippen LogP contribution in [0.1, 0.15) is 23.0 Å². The first-order valence-electron chi connectivity index (χ1n) is 9.72. The number of aromatic nitrogens is 4. The molecular weight excluding hydrogens is 352 g/mol. The van der Waals surface area contributed by atoms with E-state index in [1.165, 1.54) is 5.56 Å². The summed E-state index contributed by atoms with van der Waals surface area (Å²) in [6.45, 7) is 4.66. The number of benzene rings is 2. The van der Waals surface area contributed by atoms with Crippen LogP contribution in [0, 0.1) is 0 Å². The molecule has 1 aromatic heterocycles. The van der Waals surface area contributed by atoms with Crippen molar-refractivity contribution in [1.82, 2.24) is 30.0 Å². The van der Waals surface area contributed by atoms with Crippen LogP contribution < -0.4 is 0 Å². The minimum Gasteiger partial charge on any atom is -0.508 e. The monoisotopic (exact) mass is 378 g/mol. The second-order valence-corrected chi connectivity index (χ2v) is 7.33. The highest BCUT2D eigenvalue weighted by molar-refractivity contribution is 5.31. The number of rotatable bonds is 6. The minimum atomic E-state index is -0.0277. The van der Waals surface area contributed by atoms with Crippen LogP contribution in [-0.2, 0) is 13.0 Å². The Bertz CT molecular complexity index is 871. The van der Waals surface area contributed by atoms with E-state index in [0.717, 1.165) is 50.5 Å². The van der Waals surface area contributed by atoms with Crippen LogP contribution in [0.3, 0.4) is 0 Å². The number of aryl methyl sites for hydroxylation is 2. The van der Waals surface area contributed by atoms with E-state index in [1.807, 2.05) is 22.9 Å². The van der Waals surface area contributed by atoms with Crippen LogP contribution in [-0.4, -0.2) is 68.3 Å². The fourth-order valence-electron chi connectivity index (χ4n) is 3.71. The van der Waals surface area contributed by atoms with Crippen LogP contribution in [0.15, 0.2) is 54.6 Å². The Morgan fingerprint density at radius 3 is 2.39 bits per heavy atom. The van der Waals surface area contributed by atoms with Crippen molar-refractivity contribution in [2.75, 3.05) is 33.2 Å². The van der Waals surface area contributed by atoms with Gasteiger partial charge in [0.05, 0.1) is 6.04 Å². The number of tetrazole rings is 1. The molecule has 1 aliphatic rings. The van der Waals surface area contributed by atoms with Crippen LogP contribution >= 0.6 is 0 Å². The third kappa shape index (κ3) is 4.21. The Kier molecular flexibility index (Phi) is 5.64. The molecule has 0 saturated carbocycles. The minimum absolute atomic E-state index is 0.0277. The lowest BCUT2D eigenvalue weighted by Gasteiger charge is -2.37. The zero-order valence-corrected chi connectivity index (χ0v) is 16.1. The number of hydrogen-bond donors (Lipinski definition) is 1. The van der Waals surface area contributed by atoms with Crippen molar-refractivity contribution in [2.45, 2.75) is 19.0 Å². The predicted molar refractivity (Wildman–Crippen MR) is 107 cm³/mol. The highest BCUT2D eigenvalue weighted by atomic mass is 16.3. The number of piperazine rings is 1. The lowest BCUT2D eigenvalue weighted by Crippen LogP contribution is -2.46. The topological polar surface area (TPSA) is 70.3 Å². The molecule has 1 atom stereocenters. The summed E-state index contributed by atoms with van der Waals surface area (Å²) in [5, 5.41) is 22.4. The first-order valence-corrected chi connectivity index (χ1v) is 9.72. The van der Waals surface area contributed by atoms with E-state index in [9.17, 15) is 5.11 Å². The van der Waals surface area contributed by atoms with E-state index < -0.39 is 0 Å². The molecule has 1 saturated heterocycles. The Morgan fingerprint density at radius 2 is 1.68 bits per heavy atom. The van der Waals surface area contributed by atoms with Gasteiger partial charge >= 0.3 is 0 Å². The van der Waals surface area contributed by atoms with Gasteiger partial charge in [0.1, 0.15) is 5.75 Å². The third-order valence-corrected chi connectivity index (χ3v) is 5.37.